The number of ether oxygens (including phenoxy) is 1. The highest BCUT2D eigenvalue weighted by Gasteiger charge is 2.19. The highest BCUT2D eigenvalue weighted by atomic mass is 28.3. The Morgan fingerprint density at radius 3 is 1.85 bits per heavy atom. The van der Waals surface area contributed by atoms with E-state index in [0.29, 0.717) is 0 Å². The lowest BCUT2D eigenvalue weighted by Gasteiger charge is -2.22. The van der Waals surface area contributed by atoms with E-state index in [0.717, 1.165) is 18.1 Å². The molecule has 1 saturated heterocycles. The van der Waals surface area contributed by atoms with Crippen LogP contribution in [0.5, 0.6) is 11.5 Å². The third-order valence-electron chi connectivity index (χ3n) is 4.44. The molecule has 1 heterocycles. The average Bonchev–Trinajstić information content (AvgIpc) is 2.71. The molecule has 1 aliphatic heterocycles. The van der Waals surface area contributed by atoms with Crippen molar-refractivity contribution in [3.63, 3.8) is 0 Å². The van der Waals surface area contributed by atoms with E-state index < -0.39 is 9.04 Å². The van der Waals surface area contributed by atoms with Crippen molar-refractivity contribution in [2.24, 2.45) is 0 Å². The molecule has 0 radical (unpaired) electrons. The molecule has 2 nitrogen and oxygen atoms in total. The topological polar surface area (TPSA) is 18.5 Å². The van der Waals surface area contributed by atoms with Crippen LogP contribution in [0.3, 0.4) is 0 Å². The third kappa shape index (κ3) is 5.58. The second-order valence-corrected chi connectivity index (χ2v) is 8.95. The summed E-state index contributed by atoms with van der Waals surface area (Å²) >= 11 is 0. The first-order chi connectivity index (χ1) is 12.8. The summed E-state index contributed by atoms with van der Waals surface area (Å²) in [5.41, 5.74) is 1.42. The minimum absolute atomic E-state index is 0.869. The molecule has 3 heteroatoms. The molecule has 1 unspecified atom stereocenters. The van der Waals surface area contributed by atoms with Gasteiger partial charge in [-0.25, -0.2) is 0 Å². The molecule has 0 aliphatic carbocycles. The highest BCUT2D eigenvalue weighted by molar-refractivity contribution is 6.68. The zero-order valence-corrected chi connectivity index (χ0v) is 16.5. The van der Waals surface area contributed by atoms with Gasteiger partial charge in [0.25, 0.3) is 0 Å². The molecule has 1 aliphatic rings. The van der Waals surface area contributed by atoms with Crippen molar-refractivity contribution in [1.29, 1.82) is 0 Å². The van der Waals surface area contributed by atoms with E-state index in [2.05, 4.69) is 31.2 Å². The van der Waals surface area contributed by atoms with Gasteiger partial charge in [-0.2, -0.15) is 0 Å². The molecule has 1 atom stereocenters. The van der Waals surface area contributed by atoms with Crippen LogP contribution in [0, 0.1) is 6.92 Å². The van der Waals surface area contributed by atoms with Crippen LogP contribution < -0.4 is 9.92 Å². The lowest BCUT2D eigenvalue weighted by Crippen LogP contribution is -2.37. The fourth-order valence-electron chi connectivity index (χ4n) is 3.05. The Bertz CT molecular complexity index is 731. The molecule has 0 amide bonds. The van der Waals surface area contributed by atoms with Gasteiger partial charge in [-0.3, -0.25) is 0 Å². The molecule has 26 heavy (non-hydrogen) atoms. The van der Waals surface area contributed by atoms with Gasteiger partial charge < -0.3 is 9.16 Å². The van der Waals surface area contributed by atoms with E-state index in [1.807, 2.05) is 60.7 Å². The van der Waals surface area contributed by atoms with Gasteiger partial charge in [0, 0.05) is 6.61 Å². The average molecular weight is 363 g/mol. The number of hydrogen-bond donors (Lipinski definition) is 0. The Balaban J connectivity index is 0.000000151. The first-order valence-corrected chi connectivity index (χ1v) is 11.1. The van der Waals surface area contributed by atoms with Crippen LogP contribution >= 0.6 is 0 Å². The first kappa shape index (κ1) is 18.4. The van der Waals surface area contributed by atoms with Crippen LogP contribution in [0.25, 0.3) is 0 Å². The van der Waals surface area contributed by atoms with Crippen molar-refractivity contribution in [2.45, 2.75) is 25.8 Å². The van der Waals surface area contributed by atoms with Gasteiger partial charge in [-0.1, -0.05) is 67.1 Å². The molecular formula is C23H26O2Si. The van der Waals surface area contributed by atoms with Gasteiger partial charge in [0.1, 0.15) is 11.5 Å². The molecule has 3 aromatic rings. The van der Waals surface area contributed by atoms with E-state index in [-0.39, 0.29) is 0 Å². The van der Waals surface area contributed by atoms with Crippen molar-refractivity contribution in [1.82, 2.24) is 0 Å². The summed E-state index contributed by atoms with van der Waals surface area (Å²) in [6.07, 6.45) is 2.63. The summed E-state index contributed by atoms with van der Waals surface area (Å²) in [4.78, 5) is 0. The maximum Gasteiger partial charge on any atom is 0.208 e. The van der Waals surface area contributed by atoms with Crippen molar-refractivity contribution < 1.29 is 9.16 Å². The number of aryl methyl sites for hydroxylation is 1. The smallest absolute Gasteiger partial charge is 0.208 e. The maximum absolute atomic E-state index is 5.88. The van der Waals surface area contributed by atoms with Crippen LogP contribution in [-0.4, -0.2) is 15.6 Å². The maximum atomic E-state index is 5.88. The standard InChI is InChI=1S/C12H10O.C11H16OSi/c1-3-7-11(8-4-1)13-12-9-5-2-6-10-12;1-10-6-2-3-7-11(10)13-9-5-4-8-12-13/h1-10H;2-3,6-7,13H,4-5,8-9H2,1H3. The fraction of sp³-hybridized carbons (Fsp3) is 0.217. The summed E-state index contributed by atoms with van der Waals surface area (Å²) in [7, 11) is -1.02. The van der Waals surface area contributed by atoms with Crippen LogP contribution in [0.2, 0.25) is 6.04 Å². The van der Waals surface area contributed by atoms with E-state index in [1.165, 1.54) is 29.6 Å². The SMILES string of the molecule is Cc1ccccc1[SiH]1CCCCO1.c1ccc(Oc2ccccc2)cc1. The number of benzene rings is 3. The molecule has 134 valence electrons. The van der Waals surface area contributed by atoms with Crippen molar-refractivity contribution in [3.05, 3.63) is 90.5 Å². The first-order valence-electron chi connectivity index (χ1n) is 9.28. The Morgan fingerprint density at radius 1 is 0.731 bits per heavy atom. The van der Waals surface area contributed by atoms with E-state index in [4.69, 9.17) is 9.16 Å². The fourth-order valence-corrected chi connectivity index (χ4v) is 5.74. The van der Waals surface area contributed by atoms with Gasteiger partial charge >= 0.3 is 0 Å². The second kappa shape index (κ2) is 9.95. The van der Waals surface area contributed by atoms with Crippen LogP contribution in [-0.2, 0) is 4.43 Å². The lowest BCUT2D eigenvalue weighted by atomic mass is 10.2. The number of hydrogen-bond acceptors (Lipinski definition) is 2. The largest absolute Gasteiger partial charge is 0.457 e. The van der Waals surface area contributed by atoms with Gasteiger partial charge in [-0.15, -0.1) is 0 Å². The molecule has 0 N–H and O–H groups in total. The molecule has 1 fully saturated rings. The molecule has 0 bridgehead atoms. The zero-order chi connectivity index (χ0) is 18.0. The van der Waals surface area contributed by atoms with Gasteiger partial charge in [0.05, 0.1) is 0 Å². The zero-order valence-electron chi connectivity index (χ0n) is 15.3. The van der Waals surface area contributed by atoms with Crippen molar-refractivity contribution in [2.75, 3.05) is 6.61 Å². The summed E-state index contributed by atoms with van der Waals surface area (Å²) < 4.78 is 11.5. The van der Waals surface area contributed by atoms with Crippen molar-refractivity contribution in [3.8, 4) is 11.5 Å². The molecule has 4 rings (SSSR count). The van der Waals surface area contributed by atoms with Crippen LogP contribution in [0.1, 0.15) is 18.4 Å². The lowest BCUT2D eigenvalue weighted by molar-refractivity contribution is 0.294. The molecule has 0 spiro atoms. The van der Waals surface area contributed by atoms with E-state index in [1.54, 1.807) is 0 Å². The van der Waals surface area contributed by atoms with E-state index in [9.17, 15) is 0 Å². The number of rotatable bonds is 3. The summed E-state index contributed by atoms with van der Waals surface area (Å²) in [5.74, 6) is 1.74. The second-order valence-electron chi connectivity index (χ2n) is 6.44. The van der Waals surface area contributed by atoms with Gasteiger partial charge in [0.15, 0.2) is 0 Å². The predicted octanol–water partition coefficient (Wildman–Crippen LogP) is 5.22. The van der Waals surface area contributed by atoms with E-state index >= 15 is 0 Å². The Kier molecular flexibility index (Phi) is 7.05. The minimum Gasteiger partial charge on any atom is -0.457 e. The summed E-state index contributed by atoms with van der Waals surface area (Å²) in [6, 6.07) is 29.5. The number of para-hydroxylation sites is 2. The van der Waals surface area contributed by atoms with Crippen LogP contribution in [0.4, 0.5) is 0 Å². The monoisotopic (exact) mass is 362 g/mol. The molecule has 0 aromatic heterocycles. The molecular weight excluding hydrogens is 336 g/mol. The van der Waals surface area contributed by atoms with Gasteiger partial charge in [0.2, 0.25) is 9.04 Å². The molecule has 0 saturated carbocycles. The third-order valence-corrected chi connectivity index (χ3v) is 7.35. The Morgan fingerprint density at radius 2 is 1.31 bits per heavy atom. The predicted molar refractivity (Wildman–Crippen MR) is 111 cm³/mol. The normalized spacial score (nSPS) is 16.3. The summed E-state index contributed by atoms with van der Waals surface area (Å²) in [6.45, 7) is 3.19. The van der Waals surface area contributed by atoms with Gasteiger partial charge in [-0.05, 0) is 54.4 Å². The Labute approximate surface area is 158 Å². The summed E-state index contributed by atoms with van der Waals surface area (Å²) in [5, 5.41) is 1.52. The Hall–Kier alpha value is -2.36. The van der Waals surface area contributed by atoms with Crippen molar-refractivity contribution >= 4 is 14.2 Å². The molecule has 3 aromatic carbocycles. The minimum atomic E-state index is -1.02. The quantitative estimate of drug-likeness (QED) is 0.595. The van der Waals surface area contributed by atoms with Crippen LogP contribution in [0.15, 0.2) is 84.9 Å². The highest BCUT2D eigenvalue weighted by Crippen LogP contribution is 2.19.